The first-order valence-corrected chi connectivity index (χ1v) is 6.46. The van der Waals surface area contributed by atoms with Gasteiger partial charge in [-0.05, 0) is 29.8 Å². The number of aromatic nitrogens is 2. The van der Waals surface area contributed by atoms with Crippen molar-refractivity contribution in [2.24, 2.45) is 0 Å². The number of rotatable bonds is 3. The summed E-state index contributed by atoms with van der Waals surface area (Å²) in [5.41, 5.74) is 3.72. The topological polar surface area (TPSA) is 37.5 Å². The highest BCUT2D eigenvalue weighted by molar-refractivity contribution is 6.30. The van der Waals surface area contributed by atoms with E-state index in [2.05, 4.69) is 4.98 Å². The lowest BCUT2D eigenvalue weighted by Gasteiger charge is -2.02. The molecule has 0 aliphatic rings. The summed E-state index contributed by atoms with van der Waals surface area (Å²) in [6.07, 6.45) is 2.61. The molecule has 4 heteroatoms. The Kier molecular flexibility index (Phi) is 3.23. The standard InChI is InChI=1S/C15H13ClN2O/c16-12-6-4-11(5-7-12)9-13-14(10-19)18-8-2-1-3-15(18)17-13/h1-8,19H,9-10H2. The van der Waals surface area contributed by atoms with E-state index in [1.807, 2.05) is 53.1 Å². The monoisotopic (exact) mass is 272 g/mol. The van der Waals surface area contributed by atoms with Crippen LogP contribution in [-0.4, -0.2) is 14.5 Å². The van der Waals surface area contributed by atoms with E-state index in [4.69, 9.17) is 11.6 Å². The summed E-state index contributed by atoms with van der Waals surface area (Å²) in [5.74, 6) is 0. The Labute approximate surface area is 116 Å². The minimum Gasteiger partial charge on any atom is -0.390 e. The molecule has 2 aromatic heterocycles. The fourth-order valence-corrected chi connectivity index (χ4v) is 2.33. The van der Waals surface area contributed by atoms with Crippen LogP contribution in [0.3, 0.4) is 0 Å². The van der Waals surface area contributed by atoms with Crippen LogP contribution >= 0.6 is 11.6 Å². The lowest BCUT2D eigenvalue weighted by Crippen LogP contribution is -1.97. The van der Waals surface area contributed by atoms with Gasteiger partial charge in [-0.1, -0.05) is 29.8 Å². The Morgan fingerprint density at radius 3 is 2.63 bits per heavy atom. The minimum atomic E-state index is -0.0197. The molecular weight excluding hydrogens is 260 g/mol. The van der Waals surface area contributed by atoms with E-state index >= 15 is 0 Å². The normalized spacial score (nSPS) is 11.1. The molecule has 0 unspecified atom stereocenters. The van der Waals surface area contributed by atoms with Crippen molar-refractivity contribution >= 4 is 17.2 Å². The molecule has 2 heterocycles. The number of imidazole rings is 1. The van der Waals surface area contributed by atoms with Gasteiger partial charge in [-0.15, -0.1) is 0 Å². The molecule has 0 aliphatic carbocycles. The molecule has 0 radical (unpaired) electrons. The van der Waals surface area contributed by atoms with Gasteiger partial charge < -0.3 is 9.51 Å². The molecular formula is C15H13ClN2O. The fraction of sp³-hybridized carbons (Fsp3) is 0.133. The summed E-state index contributed by atoms with van der Waals surface area (Å²) in [6, 6.07) is 13.5. The van der Waals surface area contributed by atoms with Crippen molar-refractivity contribution in [2.45, 2.75) is 13.0 Å². The Bertz CT molecular complexity index is 704. The second-order valence-corrected chi connectivity index (χ2v) is 4.83. The maximum Gasteiger partial charge on any atom is 0.137 e. The number of halogens is 1. The van der Waals surface area contributed by atoms with Crippen molar-refractivity contribution in [3.05, 3.63) is 70.6 Å². The number of fused-ring (bicyclic) bond motifs is 1. The third-order valence-electron chi connectivity index (χ3n) is 3.15. The summed E-state index contributed by atoms with van der Waals surface area (Å²) in [5, 5.41) is 10.3. The van der Waals surface area contributed by atoms with E-state index in [9.17, 15) is 5.11 Å². The van der Waals surface area contributed by atoms with Crippen LogP contribution in [0.5, 0.6) is 0 Å². The lowest BCUT2D eigenvalue weighted by molar-refractivity contribution is 0.274. The predicted octanol–water partition coefficient (Wildman–Crippen LogP) is 3.07. The van der Waals surface area contributed by atoms with Gasteiger partial charge >= 0.3 is 0 Å². The van der Waals surface area contributed by atoms with E-state index in [0.29, 0.717) is 6.42 Å². The number of aliphatic hydroxyl groups is 1. The van der Waals surface area contributed by atoms with Crippen molar-refractivity contribution in [3.63, 3.8) is 0 Å². The molecule has 19 heavy (non-hydrogen) atoms. The first kappa shape index (κ1) is 12.2. The molecule has 0 aliphatic heterocycles. The average molecular weight is 273 g/mol. The number of hydrogen-bond acceptors (Lipinski definition) is 2. The van der Waals surface area contributed by atoms with E-state index in [-0.39, 0.29) is 6.61 Å². The first-order valence-electron chi connectivity index (χ1n) is 6.08. The number of aliphatic hydroxyl groups excluding tert-OH is 1. The van der Waals surface area contributed by atoms with Gasteiger partial charge in [0.25, 0.3) is 0 Å². The molecule has 96 valence electrons. The average Bonchev–Trinajstić information content (AvgIpc) is 2.78. The summed E-state index contributed by atoms with van der Waals surface area (Å²) in [4.78, 5) is 4.57. The van der Waals surface area contributed by atoms with Crippen LogP contribution in [0.15, 0.2) is 48.7 Å². The zero-order chi connectivity index (χ0) is 13.2. The van der Waals surface area contributed by atoms with Crippen molar-refractivity contribution < 1.29 is 5.11 Å². The van der Waals surface area contributed by atoms with Crippen molar-refractivity contribution in [1.82, 2.24) is 9.38 Å². The van der Waals surface area contributed by atoms with Gasteiger partial charge in [-0.25, -0.2) is 4.98 Å². The van der Waals surface area contributed by atoms with Gasteiger partial charge in [0.05, 0.1) is 18.0 Å². The Hall–Kier alpha value is -1.84. The van der Waals surface area contributed by atoms with Crippen LogP contribution < -0.4 is 0 Å². The molecule has 0 saturated heterocycles. The molecule has 3 nitrogen and oxygen atoms in total. The van der Waals surface area contributed by atoms with Crippen molar-refractivity contribution in [1.29, 1.82) is 0 Å². The summed E-state index contributed by atoms with van der Waals surface area (Å²) < 4.78 is 1.92. The third kappa shape index (κ3) is 2.35. The van der Waals surface area contributed by atoms with Crippen molar-refractivity contribution in [2.75, 3.05) is 0 Å². The highest BCUT2D eigenvalue weighted by atomic mass is 35.5. The van der Waals surface area contributed by atoms with Crippen LogP contribution in [0.2, 0.25) is 5.02 Å². The molecule has 0 spiro atoms. The van der Waals surface area contributed by atoms with E-state index in [1.54, 1.807) is 0 Å². The van der Waals surface area contributed by atoms with Gasteiger partial charge in [0.15, 0.2) is 0 Å². The SMILES string of the molecule is OCc1c(Cc2ccc(Cl)cc2)nc2ccccn12. The molecule has 3 aromatic rings. The molecule has 3 rings (SSSR count). The number of nitrogens with zero attached hydrogens (tertiary/aromatic N) is 2. The molecule has 0 fully saturated rings. The minimum absolute atomic E-state index is 0.0197. The van der Waals surface area contributed by atoms with Crippen LogP contribution in [0, 0.1) is 0 Å². The van der Waals surface area contributed by atoms with Gasteiger partial charge in [0.1, 0.15) is 5.65 Å². The van der Waals surface area contributed by atoms with Gasteiger partial charge in [-0.3, -0.25) is 0 Å². The fourth-order valence-electron chi connectivity index (χ4n) is 2.20. The highest BCUT2D eigenvalue weighted by Crippen LogP contribution is 2.18. The molecule has 0 saturated carbocycles. The quantitative estimate of drug-likeness (QED) is 0.796. The van der Waals surface area contributed by atoms with E-state index in [1.165, 1.54) is 0 Å². The second kappa shape index (κ2) is 5.03. The zero-order valence-electron chi connectivity index (χ0n) is 10.3. The summed E-state index contributed by atoms with van der Waals surface area (Å²) in [7, 11) is 0. The maximum absolute atomic E-state index is 9.55. The van der Waals surface area contributed by atoms with Crippen LogP contribution in [-0.2, 0) is 13.0 Å². The van der Waals surface area contributed by atoms with Crippen LogP contribution in [0.25, 0.3) is 5.65 Å². The smallest absolute Gasteiger partial charge is 0.137 e. The van der Waals surface area contributed by atoms with Gasteiger partial charge in [-0.2, -0.15) is 0 Å². The number of hydrogen-bond donors (Lipinski definition) is 1. The number of benzene rings is 1. The second-order valence-electron chi connectivity index (χ2n) is 4.40. The Morgan fingerprint density at radius 1 is 1.11 bits per heavy atom. The Balaban J connectivity index is 2.02. The van der Waals surface area contributed by atoms with Gasteiger partial charge in [0.2, 0.25) is 0 Å². The van der Waals surface area contributed by atoms with E-state index in [0.717, 1.165) is 27.6 Å². The van der Waals surface area contributed by atoms with Crippen LogP contribution in [0.1, 0.15) is 17.0 Å². The first-order chi connectivity index (χ1) is 9.28. The zero-order valence-corrected chi connectivity index (χ0v) is 11.0. The molecule has 0 bridgehead atoms. The van der Waals surface area contributed by atoms with Crippen molar-refractivity contribution in [3.8, 4) is 0 Å². The summed E-state index contributed by atoms with van der Waals surface area (Å²) >= 11 is 5.88. The van der Waals surface area contributed by atoms with Gasteiger partial charge in [0, 0.05) is 17.6 Å². The summed E-state index contributed by atoms with van der Waals surface area (Å²) in [6.45, 7) is -0.0197. The molecule has 1 aromatic carbocycles. The van der Waals surface area contributed by atoms with Crippen LogP contribution in [0.4, 0.5) is 0 Å². The Morgan fingerprint density at radius 2 is 1.89 bits per heavy atom. The molecule has 1 N–H and O–H groups in total. The maximum atomic E-state index is 9.55. The van der Waals surface area contributed by atoms with E-state index < -0.39 is 0 Å². The number of pyridine rings is 1. The largest absolute Gasteiger partial charge is 0.390 e. The lowest BCUT2D eigenvalue weighted by atomic mass is 10.1. The molecule has 0 atom stereocenters. The highest BCUT2D eigenvalue weighted by Gasteiger charge is 2.11. The predicted molar refractivity (Wildman–Crippen MR) is 75.4 cm³/mol. The third-order valence-corrected chi connectivity index (χ3v) is 3.40. The molecule has 0 amide bonds.